The summed E-state index contributed by atoms with van der Waals surface area (Å²) in [5.41, 5.74) is 0.805. The second kappa shape index (κ2) is 5.66. The van der Waals surface area contributed by atoms with E-state index in [1.54, 1.807) is 13.8 Å². The molecule has 0 aromatic carbocycles. The Bertz CT molecular complexity index is 495. The van der Waals surface area contributed by atoms with E-state index < -0.39 is 6.04 Å². The highest BCUT2D eigenvalue weighted by atomic mass is 32.2. The van der Waals surface area contributed by atoms with E-state index in [9.17, 15) is 15.0 Å². The molecule has 1 saturated heterocycles. The van der Waals surface area contributed by atoms with Crippen LogP contribution >= 0.6 is 11.8 Å². The largest absolute Gasteiger partial charge is 0.506 e. The lowest BCUT2D eigenvalue weighted by molar-refractivity contribution is -0.144. The molecule has 6 nitrogen and oxygen atoms in total. The third kappa shape index (κ3) is 2.76. The first-order chi connectivity index (χ1) is 9.04. The predicted molar refractivity (Wildman–Crippen MR) is 71.1 cm³/mol. The smallest absolute Gasteiger partial charge is 0.324 e. The van der Waals surface area contributed by atoms with Gasteiger partial charge in [-0.1, -0.05) is 0 Å². The van der Waals surface area contributed by atoms with Crippen LogP contribution in [0.25, 0.3) is 0 Å². The molecule has 1 aromatic heterocycles. The number of hydrogen-bond acceptors (Lipinski definition) is 7. The van der Waals surface area contributed by atoms with E-state index in [2.05, 4.69) is 10.3 Å². The average Bonchev–Trinajstić information content (AvgIpc) is 2.84. The van der Waals surface area contributed by atoms with E-state index in [1.807, 2.05) is 0 Å². The summed E-state index contributed by atoms with van der Waals surface area (Å²) in [7, 11) is 0. The molecule has 2 rings (SSSR count). The minimum absolute atomic E-state index is 0.0468. The fraction of sp³-hybridized carbons (Fsp3) is 0.500. The van der Waals surface area contributed by atoms with Crippen molar-refractivity contribution in [2.45, 2.75) is 25.3 Å². The molecular formula is C12H16N2O4S. The molecule has 2 unspecified atom stereocenters. The number of rotatable bonds is 3. The summed E-state index contributed by atoms with van der Waals surface area (Å²) in [6, 6.07) is -0.428. The molecule has 7 heteroatoms. The summed E-state index contributed by atoms with van der Waals surface area (Å²) in [4.78, 5) is 15.5. The minimum atomic E-state index is -0.428. The van der Waals surface area contributed by atoms with Crippen LogP contribution in [0.2, 0.25) is 0 Å². The van der Waals surface area contributed by atoms with Crippen LogP contribution in [-0.2, 0) is 9.53 Å². The fourth-order valence-electron chi connectivity index (χ4n) is 1.88. The lowest BCUT2D eigenvalue weighted by atomic mass is 10.1. The normalized spacial score (nSPS) is 22.4. The number of carbonyl (C=O) groups is 1. The number of nitrogens with one attached hydrogen (secondary N) is 1. The maximum absolute atomic E-state index is 11.6. The Hall–Kier alpha value is -1.47. The zero-order valence-electron chi connectivity index (χ0n) is 10.7. The van der Waals surface area contributed by atoms with Gasteiger partial charge >= 0.3 is 5.97 Å². The summed E-state index contributed by atoms with van der Waals surface area (Å²) in [5.74, 6) is 0.0818. The lowest BCUT2D eigenvalue weighted by Gasteiger charge is -2.16. The van der Waals surface area contributed by atoms with Gasteiger partial charge < -0.3 is 14.9 Å². The SMILES string of the molecule is CCOC(=O)C1CSC(c2c(O)cnc(C)c2O)N1. The van der Waals surface area contributed by atoms with E-state index in [0.29, 0.717) is 23.6 Å². The number of ether oxygens (including phenoxy) is 1. The van der Waals surface area contributed by atoms with Gasteiger partial charge in [-0.2, -0.15) is 0 Å². The van der Waals surface area contributed by atoms with Crippen LogP contribution in [0, 0.1) is 6.92 Å². The van der Waals surface area contributed by atoms with Crippen molar-refractivity contribution in [2.75, 3.05) is 12.4 Å². The molecule has 1 aromatic rings. The highest BCUT2D eigenvalue weighted by molar-refractivity contribution is 7.99. The number of thioether (sulfide) groups is 1. The monoisotopic (exact) mass is 284 g/mol. The van der Waals surface area contributed by atoms with Crippen LogP contribution in [0.3, 0.4) is 0 Å². The van der Waals surface area contributed by atoms with Gasteiger partial charge in [0.2, 0.25) is 0 Å². The Morgan fingerprint density at radius 2 is 2.37 bits per heavy atom. The highest BCUT2D eigenvalue weighted by Crippen LogP contribution is 2.42. The van der Waals surface area contributed by atoms with Crippen LogP contribution in [0.5, 0.6) is 11.5 Å². The van der Waals surface area contributed by atoms with Crippen molar-refractivity contribution in [1.29, 1.82) is 0 Å². The Morgan fingerprint density at radius 3 is 3.05 bits per heavy atom. The number of pyridine rings is 1. The van der Waals surface area contributed by atoms with Crippen LogP contribution in [0.4, 0.5) is 0 Å². The Kier molecular flexibility index (Phi) is 4.16. The molecule has 2 heterocycles. The maximum atomic E-state index is 11.6. The van der Waals surface area contributed by atoms with Crippen molar-refractivity contribution in [3.63, 3.8) is 0 Å². The maximum Gasteiger partial charge on any atom is 0.324 e. The summed E-state index contributed by atoms with van der Waals surface area (Å²) in [6.07, 6.45) is 1.30. The third-order valence-electron chi connectivity index (χ3n) is 2.87. The van der Waals surface area contributed by atoms with Gasteiger partial charge in [0.1, 0.15) is 17.5 Å². The molecule has 0 amide bonds. The number of aromatic nitrogens is 1. The molecule has 0 spiro atoms. The van der Waals surface area contributed by atoms with Gasteiger partial charge in [-0.25, -0.2) is 0 Å². The molecule has 3 N–H and O–H groups in total. The number of nitrogens with zero attached hydrogens (tertiary/aromatic N) is 1. The quantitative estimate of drug-likeness (QED) is 0.715. The van der Waals surface area contributed by atoms with E-state index in [0.717, 1.165) is 0 Å². The molecule has 19 heavy (non-hydrogen) atoms. The number of aryl methyl sites for hydroxylation is 1. The second-order valence-corrected chi connectivity index (χ2v) is 5.31. The molecule has 1 fully saturated rings. The Balaban J connectivity index is 2.17. The Morgan fingerprint density at radius 1 is 1.63 bits per heavy atom. The first-order valence-electron chi connectivity index (χ1n) is 5.96. The van der Waals surface area contributed by atoms with Crippen molar-refractivity contribution in [1.82, 2.24) is 10.3 Å². The zero-order valence-corrected chi connectivity index (χ0v) is 11.5. The van der Waals surface area contributed by atoms with Crippen LogP contribution in [0.15, 0.2) is 6.20 Å². The van der Waals surface area contributed by atoms with E-state index in [4.69, 9.17) is 4.74 Å². The molecule has 0 radical (unpaired) electrons. The topological polar surface area (TPSA) is 91.7 Å². The second-order valence-electron chi connectivity index (χ2n) is 4.18. The van der Waals surface area contributed by atoms with Gasteiger partial charge in [0.05, 0.1) is 29.4 Å². The molecule has 1 aliphatic rings. The van der Waals surface area contributed by atoms with Gasteiger partial charge in [-0.3, -0.25) is 15.1 Å². The molecule has 2 atom stereocenters. The highest BCUT2D eigenvalue weighted by Gasteiger charge is 2.34. The van der Waals surface area contributed by atoms with Gasteiger partial charge in [-0.05, 0) is 13.8 Å². The number of esters is 1. The fourth-order valence-corrected chi connectivity index (χ4v) is 3.16. The van der Waals surface area contributed by atoms with Crippen molar-refractivity contribution in [3.05, 3.63) is 17.5 Å². The van der Waals surface area contributed by atoms with Crippen molar-refractivity contribution >= 4 is 17.7 Å². The number of carbonyl (C=O) groups excluding carboxylic acids is 1. The van der Waals surface area contributed by atoms with Gasteiger partial charge in [0.15, 0.2) is 0 Å². The van der Waals surface area contributed by atoms with Crippen LogP contribution in [0.1, 0.15) is 23.6 Å². The van der Waals surface area contributed by atoms with Crippen LogP contribution < -0.4 is 5.32 Å². The predicted octanol–water partition coefficient (Wildman–Crippen LogP) is 1.07. The average molecular weight is 284 g/mol. The summed E-state index contributed by atoms with van der Waals surface area (Å²) in [5, 5.41) is 22.5. The van der Waals surface area contributed by atoms with Gasteiger partial charge in [-0.15, -0.1) is 11.8 Å². The van der Waals surface area contributed by atoms with E-state index in [-0.39, 0.29) is 22.8 Å². The minimum Gasteiger partial charge on any atom is -0.506 e. The summed E-state index contributed by atoms with van der Waals surface area (Å²) < 4.78 is 4.94. The first-order valence-corrected chi connectivity index (χ1v) is 7.01. The molecule has 0 aliphatic carbocycles. The third-order valence-corrected chi connectivity index (χ3v) is 4.10. The van der Waals surface area contributed by atoms with Crippen LogP contribution in [-0.4, -0.2) is 39.6 Å². The zero-order chi connectivity index (χ0) is 14.0. The molecule has 0 saturated carbocycles. The number of aromatic hydroxyl groups is 2. The van der Waals surface area contributed by atoms with Crippen molar-refractivity contribution < 1.29 is 19.7 Å². The summed E-state index contributed by atoms with van der Waals surface area (Å²) in [6.45, 7) is 3.74. The molecule has 1 aliphatic heterocycles. The molecular weight excluding hydrogens is 268 g/mol. The lowest BCUT2D eigenvalue weighted by Crippen LogP contribution is -2.35. The Labute approximate surface area is 115 Å². The van der Waals surface area contributed by atoms with Crippen molar-refractivity contribution in [3.8, 4) is 11.5 Å². The molecule has 104 valence electrons. The van der Waals surface area contributed by atoms with Gasteiger partial charge in [0, 0.05) is 5.75 Å². The molecule has 0 bridgehead atoms. The van der Waals surface area contributed by atoms with Crippen molar-refractivity contribution in [2.24, 2.45) is 0 Å². The van der Waals surface area contributed by atoms with E-state index >= 15 is 0 Å². The van der Waals surface area contributed by atoms with E-state index in [1.165, 1.54) is 18.0 Å². The summed E-state index contributed by atoms with van der Waals surface area (Å²) >= 11 is 1.44. The number of hydrogen-bond donors (Lipinski definition) is 3. The van der Waals surface area contributed by atoms with Gasteiger partial charge in [0.25, 0.3) is 0 Å². The first kappa shape index (κ1) is 14.0. The standard InChI is InChI=1S/C12H16N2O4S/c1-3-18-12(17)7-5-19-11(14-7)9-8(15)4-13-6(2)10(9)16/h4,7,11,14-16H,3,5H2,1-2H3.